The van der Waals surface area contributed by atoms with E-state index in [1.807, 2.05) is 0 Å². The molecular weight excluding hydrogens is 402 g/mol. The lowest BCUT2D eigenvalue weighted by atomic mass is 10.2. The van der Waals surface area contributed by atoms with E-state index < -0.39 is 25.6 Å². The molecule has 0 bridgehead atoms. The highest BCUT2D eigenvalue weighted by atomic mass is 32.2. The topological polar surface area (TPSA) is 141 Å². The van der Waals surface area contributed by atoms with Gasteiger partial charge in [0.15, 0.2) is 0 Å². The first-order chi connectivity index (χ1) is 13.8. The first-order valence-electron chi connectivity index (χ1n) is 8.31. The molecular formula is C17H15N5O6S. The van der Waals surface area contributed by atoms with Gasteiger partial charge in [-0.25, -0.2) is 13.1 Å². The first-order valence-corrected chi connectivity index (χ1v) is 9.75. The minimum absolute atomic E-state index is 0.0928. The van der Waals surface area contributed by atoms with E-state index in [2.05, 4.69) is 5.10 Å². The van der Waals surface area contributed by atoms with Gasteiger partial charge in [-0.2, -0.15) is 5.10 Å². The lowest BCUT2D eigenvalue weighted by Gasteiger charge is -2.23. The van der Waals surface area contributed by atoms with Crippen LogP contribution in [-0.2, 0) is 10.0 Å². The van der Waals surface area contributed by atoms with Crippen LogP contribution in [0.5, 0.6) is 0 Å². The fraction of sp³-hybridized carbons (Fsp3) is 0.118. The zero-order chi connectivity index (χ0) is 21.2. The Morgan fingerprint density at radius 2 is 1.76 bits per heavy atom. The highest BCUT2D eigenvalue weighted by Crippen LogP contribution is 2.30. The van der Waals surface area contributed by atoms with Crippen LogP contribution < -0.4 is 4.31 Å². The van der Waals surface area contributed by atoms with Crippen molar-refractivity contribution in [1.82, 2.24) is 9.78 Å². The summed E-state index contributed by atoms with van der Waals surface area (Å²) in [5.41, 5.74) is -0.570. The summed E-state index contributed by atoms with van der Waals surface area (Å²) < 4.78 is 28.2. The van der Waals surface area contributed by atoms with Gasteiger partial charge in [-0.1, -0.05) is 18.2 Å². The predicted octanol–water partition coefficient (Wildman–Crippen LogP) is 2.90. The molecule has 29 heavy (non-hydrogen) atoms. The van der Waals surface area contributed by atoms with Crippen molar-refractivity contribution in [2.75, 3.05) is 10.8 Å². The Morgan fingerprint density at radius 3 is 2.31 bits per heavy atom. The molecule has 0 N–H and O–H groups in total. The van der Waals surface area contributed by atoms with Gasteiger partial charge in [0.1, 0.15) is 18.1 Å². The number of nitro benzene ring substituents is 1. The van der Waals surface area contributed by atoms with Crippen molar-refractivity contribution in [3.8, 4) is 5.69 Å². The minimum atomic E-state index is -4.08. The predicted molar refractivity (Wildman–Crippen MR) is 104 cm³/mol. The molecule has 11 nitrogen and oxygen atoms in total. The fourth-order valence-corrected chi connectivity index (χ4v) is 4.25. The normalized spacial score (nSPS) is 11.2. The molecule has 0 spiro atoms. The van der Waals surface area contributed by atoms with Crippen LogP contribution in [0.25, 0.3) is 5.69 Å². The number of hydrogen-bond donors (Lipinski definition) is 0. The second-order valence-electron chi connectivity index (χ2n) is 5.81. The summed E-state index contributed by atoms with van der Waals surface area (Å²) in [5.74, 6) is 0. The van der Waals surface area contributed by atoms with Gasteiger partial charge in [0, 0.05) is 12.6 Å². The Kier molecular flexibility index (Phi) is 5.28. The minimum Gasteiger partial charge on any atom is -0.267 e. The Hall–Kier alpha value is -3.80. The highest BCUT2D eigenvalue weighted by molar-refractivity contribution is 7.92. The molecule has 3 rings (SSSR count). The monoisotopic (exact) mass is 417 g/mol. The van der Waals surface area contributed by atoms with Gasteiger partial charge in [0.2, 0.25) is 0 Å². The molecule has 0 aliphatic carbocycles. The first kappa shape index (κ1) is 19.9. The van der Waals surface area contributed by atoms with Gasteiger partial charge < -0.3 is 0 Å². The third kappa shape index (κ3) is 3.78. The number of rotatable bonds is 7. The van der Waals surface area contributed by atoms with Gasteiger partial charge in [0.25, 0.3) is 15.7 Å². The van der Waals surface area contributed by atoms with Crippen molar-refractivity contribution in [2.24, 2.45) is 0 Å². The quantitative estimate of drug-likeness (QED) is 0.425. The molecule has 150 valence electrons. The summed E-state index contributed by atoms with van der Waals surface area (Å²) in [6, 6.07) is 11.7. The number of anilines is 1. The highest BCUT2D eigenvalue weighted by Gasteiger charge is 2.28. The van der Waals surface area contributed by atoms with Crippen molar-refractivity contribution < 1.29 is 18.3 Å². The molecule has 1 aromatic heterocycles. The van der Waals surface area contributed by atoms with Crippen molar-refractivity contribution in [3.63, 3.8) is 0 Å². The van der Waals surface area contributed by atoms with Crippen molar-refractivity contribution in [3.05, 3.63) is 81.2 Å². The van der Waals surface area contributed by atoms with Crippen LogP contribution in [0.15, 0.2) is 65.8 Å². The summed E-state index contributed by atoms with van der Waals surface area (Å²) in [6.07, 6.45) is 1.96. The molecule has 2 aromatic carbocycles. The zero-order valence-corrected chi connectivity index (χ0v) is 15.9. The molecule has 0 aliphatic heterocycles. The zero-order valence-electron chi connectivity index (χ0n) is 15.1. The third-order valence-electron chi connectivity index (χ3n) is 4.09. The number of aromatic nitrogens is 2. The number of benzene rings is 2. The van der Waals surface area contributed by atoms with Crippen LogP contribution in [-0.4, -0.2) is 34.6 Å². The van der Waals surface area contributed by atoms with E-state index in [0.717, 1.165) is 27.4 Å². The summed E-state index contributed by atoms with van der Waals surface area (Å²) in [6.45, 7) is 1.77. The van der Waals surface area contributed by atoms with E-state index in [1.54, 1.807) is 37.3 Å². The molecule has 0 unspecified atom stereocenters. The molecule has 0 amide bonds. The van der Waals surface area contributed by atoms with Gasteiger partial charge in [0.05, 0.1) is 20.4 Å². The van der Waals surface area contributed by atoms with E-state index in [4.69, 9.17) is 0 Å². The number of para-hydroxylation sites is 1. The summed E-state index contributed by atoms with van der Waals surface area (Å²) in [4.78, 5) is 20.6. The number of hydrogen-bond acceptors (Lipinski definition) is 7. The maximum atomic E-state index is 13.1. The van der Waals surface area contributed by atoms with Gasteiger partial charge in [-0.05, 0) is 31.2 Å². The van der Waals surface area contributed by atoms with Gasteiger partial charge in [-0.15, -0.1) is 0 Å². The maximum absolute atomic E-state index is 13.1. The second kappa shape index (κ2) is 7.67. The third-order valence-corrected chi connectivity index (χ3v) is 5.99. The Bertz CT molecular complexity index is 1180. The Balaban J connectivity index is 2.10. The van der Waals surface area contributed by atoms with Gasteiger partial charge in [-0.3, -0.25) is 24.5 Å². The Morgan fingerprint density at radius 1 is 1.07 bits per heavy atom. The fourth-order valence-electron chi connectivity index (χ4n) is 2.76. The van der Waals surface area contributed by atoms with Crippen molar-refractivity contribution in [1.29, 1.82) is 0 Å². The van der Waals surface area contributed by atoms with E-state index >= 15 is 0 Å². The molecule has 1 heterocycles. The molecule has 0 radical (unpaired) electrons. The lowest BCUT2D eigenvalue weighted by molar-refractivity contribution is -0.385. The molecule has 0 atom stereocenters. The number of sulfonamides is 1. The molecule has 12 heteroatoms. The standard InChI is InChI=1S/C17H15N5O6S/c1-2-20(13-6-4-3-5-7-13)29(27,28)15-8-9-16(17(10-15)22(25)26)19-12-14(11-18-19)21(23)24/h3-12H,2H2,1H3. The molecule has 0 fully saturated rings. The van der Waals surface area contributed by atoms with Crippen LogP contribution in [0.4, 0.5) is 17.1 Å². The average Bonchev–Trinajstić information content (AvgIpc) is 3.19. The SMILES string of the molecule is CCN(c1ccccc1)S(=O)(=O)c1ccc(-n2cc([N+](=O)[O-])cn2)c([N+](=O)[O-])c1. The molecule has 0 saturated carbocycles. The lowest BCUT2D eigenvalue weighted by Crippen LogP contribution is -2.30. The summed E-state index contributed by atoms with van der Waals surface area (Å²) in [7, 11) is -4.08. The van der Waals surface area contributed by atoms with E-state index in [9.17, 15) is 28.6 Å². The number of nitrogens with zero attached hydrogens (tertiary/aromatic N) is 5. The van der Waals surface area contributed by atoms with Crippen molar-refractivity contribution in [2.45, 2.75) is 11.8 Å². The van der Waals surface area contributed by atoms with Crippen LogP contribution >= 0.6 is 0 Å². The summed E-state index contributed by atoms with van der Waals surface area (Å²) >= 11 is 0. The van der Waals surface area contributed by atoms with Crippen LogP contribution in [0.3, 0.4) is 0 Å². The van der Waals surface area contributed by atoms with Crippen LogP contribution in [0, 0.1) is 20.2 Å². The molecule has 0 saturated heterocycles. The smallest absolute Gasteiger partial charge is 0.267 e. The van der Waals surface area contributed by atoms with E-state index in [1.165, 1.54) is 12.1 Å². The van der Waals surface area contributed by atoms with E-state index in [0.29, 0.717) is 5.69 Å². The van der Waals surface area contributed by atoms with Crippen LogP contribution in [0.1, 0.15) is 6.92 Å². The molecule has 3 aromatic rings. The van der Waals surface area contributed by atoms with Crippen molar-refractivity contribution >= 4 is 27.1 Å². The Labute approximate surface area is 165 Å². The second-order valence-corrected chi connectivity index (χ2v) is 7.68. The summed E-state index contributed by atoms with van der Waals surface area (Å²) in [5, 5.41) is 26.1. The maximum Gasteiger partial charge on any atom is 0.307 e. The number of nitro groups is 2. The van der Waals surface area contributed by atoms with Gasteiger partial charge >= 0.3 is 5.69 Å². The molecule has 0 aliphatic rings. The van der Waals surface area contributed by atoms with E-state index in [-0.39, 0.29) is 22.8 Å². The average molecular weight is 417 g/mol. The van der Waals surface area contributed by atoms with Crippen LogP contribution in [0.2, 0.25) is 0 Å². The largest absolute Gasteiger partial charge is 0.307 e.